The van der Waals surface area contributed by atoms with Gasteiger partial charge in [-0.2, -0.15) is 0 Å². The maximum Gasteiger partial charge on any atom is 0.324 e. The molecule has 2 saturated heterocycles. The molecule has 3 aliphatic rings. The monoisotopic (exact) mass is 830 g/mol. The maximum atomic E-state index is 13.7. The molecule has 16 nitrogen and oxygen atoms in total. The molecule has 4 N–H and O–H groups in total. The van der Waals surface area contributed by atoms with E-state index >= 15 is 0 Å². The first kappa shape index (κ1) is 42.4. The second kappa shape index (κ2) is 18.7. The van der Waals surface area contributed by atoms with E-state index in [4.69, 9.17) is 19.7 Å². The largest absolute Gasteiger partial charge is 0.480 e. The lowest BCUT2D eigenvalue weighted by Gasteiger charge is -2.28. The summed E-state index contributed by atoms with van der Waals surface area (Å²) >= 11 is 0. The average Bonchev–Trinajstić information content (AvgIpc) is 4.22. The van der Waals surface area contributed by atoms with Gasteiger partial charge < -0.3 is 29.5 Å². The predicted octanol–water partition coefficient (Wildman–Crippen LogP) is 2.72. The molecule has 4 amide bonds. The number of hydrogen-bond donors (Lipinski definition) is 4. The van der Waals surface area contributed by atoms with Crippen molar-refractivity contribution in [3.63, 3.8) is 0 Å². The molecule has 2 fully saturated rings. The summed E-state index contributed by atoms with van der Waals surface area (Å²) in [5.41, 5.74) is 9.33. The zero-order chi connectivity index (χ0) is 43.2. The minimum absolute atomic E-state index is 0.228. The van der Waals surface area contributed by atoms with E-state index in [0.29, 0.717) is 26.2 Å². The molecule has 4 atom stereocenters. The third-order valence-electron chi connectivity index (χ3n) is 10.8. The van der Waals surface area contributed by atoms with Crippen LogP contribution in [0.25, 0.3) is 21.5 Å². The van der Waals surface area contributed by atoms with E-state index in [1.54, 1.807) is 9.80 Å². The third-order valence-corrected chi connectivity index (χ3v) is 10.8. The molecule has 3 heterocycles. The summed E-state index contributed by atoms with van der Waals surface area (Å²) in [4.78, 5) is 76.3. The highest BCUT2D eigenvalue weighted by Crippen LogP contribution is 2.31. The Kier molecular flexibility index (Phi) is 13.0. The van der Waals surface area contributed by atoms with Gasteiger partial charge in [0.1, 0.15) is 13.1 Å². The van der Waals surface area contributed by atoms with Gasteiger partial charge in [0, 0.05) is 40.3 Å². The smallest absolute Gasteiger partial charge is 0.324 e. The van der Waals surface area contributed by atoms with Crippen LogP contribution >= 0.6 is 0 Å². The Balaban J connectivity index is 0.000000202. The maximum absolute atomic E-state index is 13.7. The summed E-state index contributed by atoms with van der Waals surface area (Å²) in [5, 5.41) is 24.0. The highest BCUT2D eigenvalue weighted by molar-refractivity contribution is 5.97. The molecule has 5 aromatic carbocycles. The Morgan fingerprint density at radius 3 is 1.85 bits per heavy atom. The molecule has 0 bridgehead atoms. The molecule has 316 valence electrons. The van der Waals surface area contributed by atoms with Crippen molar-refractivity contribution < 1.29 is 48.5 Å². The number of ether oxygens (including phenoxy) is 2. The molecule has 0 radical (unpaired) electrons. The first-order chi connectivity index (χ1) is 29.4. The Morgan fingerprint density at radius 1 is 0.623 bits per heavy atom. The van der Waals surface area contributed by atoms with Crippen LogP contribution in [0.5, 0.6) is 0 Å². The lowest BCUT2D eigenvalue weighted by Crippen LogP contribution is -2.47. The van der Waals surface area contributed by atoms with E-state index in [1.165, 1.54) is 19.7 Å². The van der Waals surface area contributed by atoms with Crippen LogP contribution in [0.4, 0.5) is 0 Å². The Bertz CT molecular complexity index is 2470. The van der Waals surface area contributed by atoms with Gasteiger partial charge in [-0.25, -0.2) is 10.9 Å². The predicted molar refractivity (Wildman–Crippen MR) is 222 cm³/mol. The van der Waals surface area contributed by atoms with Crippen LogP contribution in [-0.2, 0) is 64.3 Å². The minimum Gasteiger partial charge on any atom is -0.480 e. The number of epoxide rings is 2. The molecular weight excluding hydrogens is 785 g/mol. The Morgan fingerprint density at radius 2 is 1.18 bits per heavy atom. The van der Waals surface area contributed by atoms with Crippen LogP contribution in [0.1, 0.15) is 22.3 Å². The number of carbonyl (C=O) groups excluding carboxylic acids is 4. The number of carbonyl (C=O) groups is 6. The fourth-order valence-corrected chi connectivity index (χ4v) is 7.54. The number of aliphatic carboxylic acids is 2. The van der Waals surface area contributed by atoms with Crippen molar-refractivity contribution in [3.8, 4) is 0 Å². The van der Waals surface area contributed by atoms with Crippen LogP contribution in [0.2, 0.25) is 0 Å². The summed E-state index contributed by atoms with van der Waals surface area (Å²) in [6.45, 7) is 0.722. The highest BCUT2D eigenvalue weighted by atomic mass is 16.6. The number of fused-ring (bicyclic) bond motifs is 3. The van der Waals surface area contributed by atoms with Crippen LogP contribution in [0, 0.1) is 0 Å². The quantitative estimate of drug-likeness (QED) is 0.0943. The summed E-state index contributed by atoms with van der Waals surface area (Å²) in [6.07, 6.45) is -2.96. The molecule has 16 heteroatoms. The molecule has 0 aromatic heterocycles. The standard InChI is InChI=1S/C29H27N3O5.C16H19N3O5/c1-30-32(18-25(33)34)29(36)27-26(37-27)28(35)31(16-19-13-14-20-7-2-3-9-22(20)15-19)17-23-11-6-10-21-8-4-5-12-24(21)23;1-17-19(9-12(20)21)16(23)14-13(24-14)15(22)18-7-6-10-4-2-3-5-11(10)8-18/h2-15,26-27,30H,16-18H2,1H3,(H,33,34);2-5,13-14,17H,6-9H2,1H3,(H,20,21). The Labute approximate surface area is 351 Å². The summed E-state index contributed by atoms with van der Waals surface area (Å²) in [7, 11) is 2.90. The van der Waals surface area contributed by atoms with Gasteiger partial charge >= 0.3 is 11.9 Å². The van der Waals surface area contributed by atoms with Gasteiger partial charge in [0.05, 0.1) is 0 Å². The number of carboxylic acid groups (broad SMARTS) is 2. The SMILES string of the molecule is CNN(CC(=O)O)C(=O)C1OC1C(=O)N(Cc1ccc2ccccc2c1)Cc1cccc2ccccc12.CNN(CC(=O)O)C(=O)C1OC1C(=O)N1CCc2ccccc2C1. The summed E-state index contributed by atoms with van der Waals surface area (Å²) < 4.78 is 10.7. The van der Waals surface area contributed by atoms with Crippen LogP contribution in [0.15, 0.2) is 109 Å². The van der Waals surface area contributed by atoms with Crippen molar-refractivity contribution >= 4 is 57.1 Å². The highest BCUT2D eigenvalue weighted by Gasteiger charge is 2.54. The third kappa shape index (κ3) is 10.0. The zero-order valence-electron chi connectivity index (χ0n) is 33.6. The zero-order valence-corrected chi connectivity index (χ0v) is 33.6. The van der Waals surface area contributed by atoms with Crippen molar-refractivity contribution in [3.05, 3.63) is 131 Å². The number of rotatable bonds is 14. The van der Waals surface area contributed by atoms with Crippen LogP contribution in [0.3, 0.4) is 0 Å². The fourth-order valence-electron chi connectivity index (χ4n) is 7.54. The normalized spacial score (nSPS) is 18.6. The van der Waals surface area contributed by atoms with E-state index in [1.807, 2.05) is 103 Å². The van der Waals surface area contributed by atoms with Crippen LogP contribution in [-0.4, -0.2) is 124 Å². The first-order valence-corrected chi connectivity index (χ1v) is 19.8. The molecule has 5 aromatic rings. The topological polar surface area (TPSA) is 205 Å². The van der Waals surface area contributed by atoms with Gasteiger partial charge in [-0.1, -0.05) is 103 Å². The van der Waals surface area contributed by atoms with Gasteiger partial charge in [0.15, 0.2) is 24.4 Å². The van der Waals surface area contributed by atoms with Crippen molar-refractivity contribution in [2.45, 2.75) is 50.5 Å². The van der Waals surface area contributed by atoms with E-state index in [-0.39, 0.29) is 11.8 Å². The van der Waals surface area contributed by atoms with Gasteiger partial charge in [-0.15, -0.1) is 0 Å². The molecule has 0 spiro atoms. The number of hydrogen-bond acceptors (Lipinski definition) is 10. The molecular formula is C45H46N6O10. The average molecular weight is 831 g/mol. The van der Waals surface area contributed by atoms with Crippen molar-refractivity contribution in [1.29, 1.82) is 0 Å². The van der Waals surface area contributed by atoms with E-state index in [0.717, 1.165) is 54.7 Å². The number of hydrazine groups is 2. The van der Waals surface area contributed by atoms with Gasteiger partial charge in [-0.05, 0) is 56.3 Å². The molecule has 0 aliphatic carbocycles. The molecule has 4 unspecified atom stereocenters. The van der Waals surface area contributed by atoms with Gasteiger partial charge in [-0.3, -0.25) is 38.8 Å². The van der Waals surface area contributed by atoms with E-state index in [9.17, 15) is 28.8 Å². The van der Waals surface area contributed by atoms with Gasteiger partial charge in [0.25, 0.3) is 23.6 Å². The summed E-state index contributed by atoms with van der Waals surface area (Å²) in [5.74, 6) is -3.98. The number of nitrogens with zero attached hydrogens (tertiary/aromatic N) is 4. The van der Waals surface area contributed by atoms with Crippen molar-refractivity contribution in [2.75, 3.05) is 33.7 Å². The first-order valence-electron chi connectivity index (χ1n) is 19.8. The lowest BCUT2D eigenvalue weighted by atomic mass is 9.99. The summed E-state index contributed by atoms with van der Waals surface area (Å²) in [6, 6.07) is 36.1. The fraction of sp³-hybridized carbons (Fsp3) is 0.289. The van der Waals surface area contributed by atoms with Gasteiger partial charge in [0.2, 0.25) is 0 Å². The van der Waals surface area contributed by atoms with E-state index < -0.39 is 61.3 Å². The lowest BCUT2D eigenvalue weighted by molar-refractivity contribution is -0.147. The second-order valence-corrected chi connectivity index (χ2v) is 14.8. The second-order valence-electron chi connectivity index (χ2n) is 14.8. The van der Waals surface area contributed by atoms with E-state index in [2.05, 4.69) is 16.9 Å². The molecule has 0 saturated carbocycles. The Hall–Kier alpha value is -6.72. The number of benzene rings is 5. The molecule has 61 heavy (non-hydrogen) atoms. The number of amides is 4. The van der Waals surface area contributed by atoms with Crippen LogP contribution < -0.4 is 10.9 Å². The minimum atomic E-state index is -1.17. The molecule has 3 aliphatic heterocycles. The molecule has 8 rings (SSSR count). The van der Waals surface area contributed by atoms with Crippen molar-refractivity contribution in [2.24, 2.45) is 0 Å². The number of nitrogens with one attached hydrogen (secondary N) is 2. The van der Waals surface area contributed by atoms with Crippen molar-refractivity contribution in [1.82, 2.24) is 30.7 Å². The number of carboxylic acids is 2.